The van der Waals surface area contributed by atoms with Crippen LogP contribution in [0.25, 0.3) is 11.0 Å². The molecule has 11 nitrogen and oxygen atoms in total. The number of rotatable bonds is 10. The average Bonchev–Trinajstić information content (AvgIpc) is 2.87. The average molecular weight is 488 g/mol. The third-order valence-electron chi connectivity index (χ3n) is 5.49. The molecular weight excluding hydrogens is 458 g/mol. The highest BCUT2D eigenvalue weighted by Gasteiger charge is 2.22. The quantitative estimate of drug-likeness (QED) is 0.379. The van der Waals surface area contributed by atoms with E-state index in [1.165, 1.54) is 6.33 Å². The summed E-state index contributed by atoms with van der Waals surface area (Å²) in [4.78, 5) is 20.2. The molecule has 1 saturated heterocycles. The van der Waals surface area contributed by atoms with E-state index in [-0.39, 0.29) is 6.61 Å². The fourth-order valence-corrected chi connectivity index (χ4v) is 4.79. The van der Waals surface area contributed by atoms with Gasteiger partial charge in [0.1, 0.15) is 17.4 Å². The summed E-state index contributed by atoms with van der Waals surface area (Å²) in [5.41, 5.74) is 2.31. The van der Waals surface area contributed by atoms with Crippen LogP contribution in [0.2, 0.25) is 0 Å². The van der Waals surface area contributed by atoms with Gasteiger partial charge in [0.05, 0.1) is 20.8 Å². The standard InChI is InChI=1S/C22H29N7O4S/c1-32-16-4-3-15(13-17(16)33-2)5-6-23-20-18-19(25-14-26-20)21(28-22(27-18)24-7-10-30)29-8-11-34(31)12-9-29/h3-4,13-14,30H,5-12H2,1-2H3,(H,23,25,26)(H,24,27,28). The van der Waals surface area contributed by atoms with Crippen molar-refractivity contribution in [2.75, 3.05) is 74.0 Å². The lowest BCUT2D eigenvalue weighted by Gasteiger charge is -2.28. The van der Waals surface area contributed by atoms with Gasteiger partial charge in [0.2, 0.25) is 5.95 Å². The van der Waals surface area contributed by atoms with E-state index >= 15 is 0 Å². The van der Waals surface area contributed by atoms with Crippen LogP contribution in [0.1, 0.15) is 5.56 Å². The summed E-state index contributed by atoms with van der Waals surface area (Å²) in [6.45, 7) is 2.16. The molecular formula is C22H29N7O4S. The first-order valence-corrected chi connectivity index (χ1v) is 12.5. The minimum Gasteiger partial charge on any atom is -0.493 e. The first-order chi connectivity index (χ1) is 16.6. The van der Waals surface area contributed by atoms with E-state index in [1.54, 1.807) is 14.2 Å². The van der Waals surface area contributed by atoms with Gasteiger partial charge in [0.25, 0.3) is 0 Å². The van der Waals surface area contributed by atoms with Gasteiger partial charge in [-0.25, -0.2) is 15.0 Å². The second-order valence-corrected chi connectivity index (χ2v) is 9.34. The van der Waals surface area contributed by atoms with E-state index in [0.29, 0.717) is 77.8 Å². The molecule has 1 aliphatic rings. The fraction of sp³-hybridized carbons (Fsp3) is 0.455. The van der Waals surface area contributed by atoms with Crippen molar-refractivity contribution in [1.82, 2.24) is 19.9 Å². The second-order valence-electron chi connectivity index (χ2n) is 7.64. The van der Waals surface area contributed by atoms with Gasteiger partial charge in [0, 0.05) is 48.5 Å². The van der Waals surface area contributed by atoms with E-state index in [4.69, 9.17) is 9.47 Å². The largest absolute Gasteiger partial charge is 0.493 e. The van der Waals surface area contributed by atoms with Crippen LogP contribution < -0.4 is 25.0 Å². The number of anilines is 3. The SMILES string of the molecule is COc1ccc(CCNc2ncnc3c(N4CCS(=O)CC4)nc(NCCO)nc23)cc1OC. The van der Waals surface area contributed by atoms with Crippen molar-refractivity contribution in [3.63, 3.8) is 0 Å². The second kappa shape index (κ2) is 11.3. The molecule has 12 heteroatoms. The van der Waals surface area contributed by atoms with Gasteiger partial charge in [-0.05, 0) is 24.1 Å². The first-order valence-electron chi connectivity index (χ1n) is 11.0. The molecule has 3 aromatic rings. The van der Waals surface area contributed by atoms with Crippen LogP contribution in [-0.4, -0.2) is 87.8 Å². The number of aliphatic hydroxyl groups excluding tert-OH is 1. The van der Waals surface area contributed by atoms with Gasteiger partial charge < -0.3 is 30.1 Å². The zero-order valence-corrected chi connectivity index (χ0v) is 20.1. The lowest BCUT2D eigenvalue weighted by atomic mass is 10.1. The molecule has 0 radical (unpaired) electrons. The number of hydrogen-bond donors (Lipinski definition) is 3. The molecule has 4 rings (SSSR count). The summed E-state index contributed by atoms with van der Waals surface area (Å²) in [7, 11) is 2.43. The molecule has 3 N–H and O–H groups in total. The Morgan fingerprint density at radius 3 is 2.56 bits per heavy atom. The van der Waals surface area contributed by atoms with E-state index < -0.39 is 10.8 Å². The number of aliphatic hydroxyl groups is 1. The first kappa shape index (κ1) is 23.9. The zero-order chi connectivity index (χ0) is 23.9. The molecule has 1 aromatic carbocycles. The molecule has 0 saturated carbocycles. The van der Waals surface area contributed by atoms with Crippen LogP contribution in [0.15, 0.2) is 24.5 Å². The molecule has 0 amide bonds. The van der Waals surface area contributed by atoms with Gasteiger partial charge in [-0.15, -0.1) is 0 Å². The van der Waals surface area contributed by atoms with E-state index in [9.17, 15) is 9.32 Å². The number of ether oxygens (including phenoxy) is 2. The molecule has 0 aliphatic carbocycles. The molecule has 34 heavy (non-hydrogen) atoms. The Hall–Kier alpha value is -3.25. The Morgan fingerprint density at radius 1 is 1.03 bits per heavy atom. The van der Waals surface area contributed by atoms with Crippen molar-refractivity contribution in [2.45, 2.75) is 6.42 Å². The molecule has 3 heterocycles. The molecule has 1 fully saturated rings. The molecule has 1 aliphatic heterocycles. The molecule has 182 valence electrons. The highest BCUT2D eigenvalue weighted by atomic mass is 32.2. The van der Waals surface area contributed by atoms with Crippen LogP contribution in [0.5, 0.6) is 11.5 Å². The van der Waals surface area contributed by atoms with Crippen molar-refractivity contribution in [3.05, 3.63) is 30.1 Å². The normalized spacial score (nSPS) is 14.3. The maximum Gasteiger partial charge on any atom is 0.225 e. The van der Waals surface area contributed by atoms with Gasteiger partial charge in [-0.1, -0.05) is 6.07 Å². The van der Waals surface area contributed by atoms with Crippen LogP contribution in [-0.2, 0) is 17.2 Å². The van der Waals surface area contributed by atoms with E-state index in [1.807, 2.05) is 18.2 Å². The number of nitrogens with one attached hydrogen (secondary N) is 2. The van der Waals surface area contributed by atoms with Crippen LogP contribution in [0.3, 0.4) is 0 Å². The fourth-order valence-electron chi connectivity index (χ4n) is 3.74. The molecule has 2 aromatic heterocycles. The predicted octanol–water partition coefficient (Wildman–Crippen LogP) is 1.06. The summed E-state index contributed by atoms with van der Waals surface area (Å²) >= 11 is 0. The van der Waals surface area contributed by atoms with Crippen molar-refractivity contribution in [2.24, 2.45) is 0 Å². The maximum atomic E-state index is 11.8. The Balaban J connectivity index is 1.58. The van der Waals surface area contributed by atoms with Crippen molar-refractivity contribution in [1.29, 1.82) is 0 Å². The molecule has 0 unspecified atom stereocenters. The van der Waals surface area contributed by atoms with Gasteiger partial charge >= 0.3 is 0 Å². The minimum atomic E-state index is -0.806. The number of hydrogen-bond acceptors (Lipinski definition) is 11. The smallest absolute Gasteiger partial charge is 0.225 e. The van der Waals surface area contributed by atoms with Gasteiger partial charge in [-0.3, -0.25) is 4.21 Å². The monoisotopic (exact) mass is 487 g/mol. The lowest BCUT2D eigenvalue weighted by molar-refractivity contribution is 0.311. The Labute approximate surface area is 200 Å². The topological polar surface area (TPSA) is 135 Å². The Bertz CT molecular complexity index is 1150. The highest BCUT2D eigenvalue weighted by Crippen LogP contribution is 2.29. The van der Waals surface area contributed by atoms with Crippen molar-refractivity contribution < 1.29 is 18.8 Å². The highest BCUT2D eigenvalue weighted by molar-refractivity contribution is 7.85. The molecule has 0 atom stereocenters. The summed E-state index contributed by atoms with van der Waals surface area (Å²) in [6.07, 6.45) is 2.23. The maximum absolute atomic E-state index is 11.8. The van der Waals surface area contributed by atoms with Gasteiger partial charge in [-0.2, -0.15) is 4.98 Å². The number of benzene rings is 1. The Morgan fingerprint density at radius 2 is 1.82 bits per heavy atom. The predicted molar refractivity (Wildman–Crippen MR) is 133 cm³/mol. The summed E-state index contributed by atoms with van der Waals surface area (Å²) < 4.78 is 22.5. The number of nitrogens with zero attached hydrogens (tertiary/aromatic N) is 5. The lowest BCUT2D eigenvalue weighted by Crippen LogP contribution is -2.38. The number of fused-ring (bicyclic) bond motifs is 1. The number of methoxy groups -OCH3 is 2. The van der Waals surface area contributed by atoms with Crippen molar-refractivity contribution >= 4 is 39.4 Å². The third-order valence-corrected chi connectivity index (χ3v) is 6.77. The zero-order valence-electron chi connectivity index (χ0n) is 19.3. The number of aromatic nitrogens is 4. The summed E-state index contributed by atoms with van der Waals surface area (Å²) in [5, 5.41) is 15.6. The van der Waals surface area contributed by atoms with E-state index in [2.05, 4.69) is 35.5 Å². The minimum absolute atomic E-state index is 0.0405. The van der Waals surface area contributed by atoms with Crippen LogP contribution in [0.4, 0.5) is 17.6 Å². The summed E-state index contributed by atoms with van der Waals surface area (Å²) in [6, 6.07) is 5.84. The molecule has 0 bridgehead atoms. The third kappa shape index (κ3) is 5.45. The Kier molecular flexibility index (Phi) is 7.91. The van der Waals surface area contributed by atoms with Crippen molar-refractivity contribution in [3.8, 4) is 11.5 Å². The van der Waals surface area contributed by atoms with Crippen LogP contribution >= 0.6 is 0 Å². The van der Waals surface area contributed by atoms with E-state index in [0.717, 1.165) is 12.0 Å². The summed E-state index contributed by atoms with van der Waals surface area (Å²) in [5.74, 6) is 4.22. The molecule has 0 spiro atoms. The van der Waals surface area contributed by atoms with Gasteiger partial charge in [0.15, 0.2) is 23.1 Å². The van der Waals surface area contributed by atoms with Crippen LogP contribution in [0, 0.1) is 0 Å².